The van der Waals surface area contributed by atoms with E-state index in [-0.39, 0.29) is 41.3 Å². The van der Waals surface area contributed by atoms with Gasteiger partial charge < -0.3 is 38.6 Å². The maximum absolute atomic E-state index is 16.0. The third-order valence-electron chi connectivity index (χ3n) is 6.07. The van der Waals surface area contributed by atoms with Gasteiger partial charge in [0.1, 0.15) is 18.8 Å². The molecule has 4 heterocycles. The van der Waals surface area contributed by atoms with E-state index in [1.54, 1.807) is 6.07 Å². The fourth-order valence-electron chi connectivity index (χ4n) is 4.69. The van der Waals surface area contributed by atoms with Gasteiger partial charge in [0, 0.05) is 18.7 Å². The van der Waals surface area contributed by atoms with Crippen LogP contribution in [-0.2, 0) is 18.9 Å². The zero-order valence-corrected chi connectivity index (χ0v) is 18.3. The molecule has 5 rings (SSSR count). The molecule has 3 aliphatic heterocycles. The van der Waals surface area contributed by atoms with Gasteiger partial charge in [-0.1, -0.05) is 5.16 Å². The smallest absolute Gasteiger partial charge is 0.416 e. The van der Waals surface area contributed by atoms with Crippen molar-refractivity contribution in [2.45, 2.75) is 44.5 Å². The fourth-order valence-corrected chi connectivity index (χ4v) is 4.69. The standard InChI is InChI=1S/C21H26FN3O8/c1-10-6-24(7-11(2)32-10)17-12(20-29-3-4-30-20)5-13-18(16(17)22)33-23-19(13)25-14(15(27)8-26)9-31-21(25)28/h5,10-11,14-15,20,26-27H,3-4,6-9H2,1-2H3/t10-,11-,14-,15-/m1/s1. The molecular formula is C21H26FN3O8. The molecule has 3 aliphatic rings. The van der Waals surface area contributed by atoms with Crippen LogP contribution in [0.5, 0.6) is 0 Å². The Morgan fingerprint density at radius 3 is 2.61 bits per heavy atom. The van der Waals surface area contributed by atoms with E-state index in [1.165, 1.54) is 0 Å². The van der Waals surface area contributed by atoms with Crippen LogP contribution in [0.15, 0.2) is 10.6 Å². The quantitative estimate of drug-likeness (QED) is 0.664. The zero-order chi connectivity index (χ0) is 23.3. The first-order valence-corrected chi connectivity index (χ1v) is 10.9. The molecule has 180 valence electrons. The predicted molar refractivity (Wildman–Crippen MR) is 112 cm³/mol. The summed E-state index contributed by atoms with van der Waals surface area (Å²) >= 11 is 0. The van der Waals surface area contributed by atoms with Crippen molar-refractivity contribution in [1.29, 1.82) is 0 Å². The highest BCUT2D eigenvalue weighted by Crippen LogP contribution is 2.42. The maximum Gasteiger partial charge on any atom is 0.416 e. The van der Waals surface area contributed by atoms with Crippen molar-refractivity contribution in [1.82, 2.24) is 5.16 Å². The minimum absolute atomic E-state index is 0.0154. The number of nitrogens with zero attached hydrogens (tertiary/aromatic N) is 3. The number of benzene rings is 1. The number of ether oxygens (including phenoxy) is 4. The average molecular weight is 467 g/mol. The first-order chi connectivity index (χ1) is 15.9. The van der Waals surface area contributed by atoms with Gasteiger partial charge in [-0.05, 0) is 19.9 Å². The van der Waals surface area contributed by atoms with Crippen molar-refractivity contribution in [3.63, 3.8) is 0 Å². The van der Waals surface area contributed by atoms with E-state index in [1.807, 2.05) is 18.7 Å². The minimum Gasteiger partial charge on any atom is -0.447 e. The molecule has 1 aromatic heterocycles. The van der Waals surface area contributed by atoms with Crippen LogP contribution < -0.4 is 9.80 Å². The molecule has 0 unspecified atom stereocenters. The molecular weight excluding hydrogens is 441 g/mol. The van der Waals surface area contributed by atoms with Crippen LogP contribution in [0, 0.1) is 5.82 Å². The molecule has 0 aliphatic carbocycles. The SMILES string of the molecule is C[C@@H]1CN(c2c(C3OCCO3)cc3c(N4C(=O)OC[C@@H]4[C@H](O)CO)noc3c2F)C[C@@H](C)O1. The number of carbonyl (C=O) groups is 1. The summed E-state index contributed by atoms with van der Waals surface area (Å²) in [5, 5.41) is 23.7. The molecule has 3 fully saturated rings. The summed E-state index contributed by atoms with van der Waals surface area (Å²) in [6, 6.07) is 0.732. The summed E-state index contributed by atoms with van der Waals surface area (Å²) in [6.07, 6.45) is -3.10. The molecule has 3 saturated heterocycles. The number of hydrogen-bond acceptors (Lipinski definition) is 10. The van der Waals surface area contributed by atoms with E-state index in [2.05, 4.69) is 5.16 Å². The van der Waals surface area contributed by atoms with Gasteiger partial charge in [0.15, 0.2) is 17.9 Å². The Hall–Kier alpha value is -2.51. The normalized spacial score (nSPS) is 27.5. The minimum atomic E-state index is -1.27. The van der Waals surface area contributed by atoms with E-state index in [4.69, 9.17) is 23.5 Å². The van der Waals surface area contributed by atoms with Gasteiger partial charge in [-0.2, -0.15) is 0 Å². The molecule has 0 bridgehead atoms. The zero-order valence-electron chi connectivity index (χ0n) is 18.3. The lowest BCUT2D eigenvalue weighted by Gasteiger charge is -2.38. The summed E-state index contributed by atoms with van der Waals surface area (Å²) < 4.78 is 43.6. The van der Waals surface area contributed by atoms with Gasteiger partial charge in [0.25, 0.3) is 0 Å². The summed E-state index contributed by atoms with van der Waals surface area (Å²) in [4.78, 5) is 15.4. The fraction of sp³-hybridized carbons (Fsp3) is 0.619. The molecule has 0 radical (unpaired) electrons. The topological polar surface area (TPSA) is 127 Å². The van der Waals surface area contributed by atoms with E-state index in [9.17, 15) is 15.0 Å². The molecule has 1 amide bonds. The van der Waals surface area contributed by atoms with Crippen molar-refractivity contribution in [2.24, 2.45) is 0 Å². The largest absolute Gasteiger partial charge is 0.447 e. The van der Waals surface area contributed by atoms with E-state index >= 15 is 4.39 Å². The van der Waals surface area contributed by atoms with Gasteiger partial charge in [-0.3, -0.25) is 0 Å². The number of hydrogen-bond donors (Lipinski definition) is 2. The highest BCUT2D eigenvalue weighted by atomic mass is 19.1. The molecule has 12 heteroatoms. The highest BCUT2D eigenvalue weighted by molar-refractivity contribution is 6.01. The van der Waals surface area contributed by atoms with Crippen LogP contribution in [0.1, 0.15) is 25.7 Å². The monoisotopic (exact) mass is 467 g/mol. The van der Waals surface area contributed by atoms with Crippen LogP contribution in [-0.4, -0.2) is 85.3 Å². The lowest BCUT2D eigenvalue weighted by atomic mass is 10.0. The number of anilines is 2. The van der Waals surface area contributed by atoms with Crippen LogP contribution in [0.25, 0.3) is 11.0 Å². The Morgan fingerprint density at radius 1 is 1.24 bits per heavy atom. The number of aliphatic hydroxyl groups is 2. The second kappa shape index (κ2) is 8.69. The maximum atomic E-state index is 16.0. The summed E-state index contributed by atoms with van der Waals surface area (Å²) in [6.45, 7) is 4.72. The van der Waals surface area contributed by atoms with Crippen molar-refractivity contribution in [2.75, 3.05) is 49.3 Å². The van der Waals surface area contributed by atoms with E-state index in [0.717, 1.165) is 4.90 Å². The van der Waals surface area contributed by atoms with Gasteiger partial charge in [0.05, 0.1) is 43.1 Å². The average Bonchev–Trinajstić information content (AvgIpc) is 3.52. The third-order valence-corrected chi connectivity index (χ3v) is 6.07. The Bertz CT molecular complexity index is 1030. The number of halogens is 1. The molecule has 11 nitrogen and oxygen atoms in total. The Labute approximate surface area is 188 Å². The Morgan fingerprint density at radius 2 is 1.94 bits per heavy atom. The van der Waals surface area contributed by atoms with Crippen molar-refractivity contribution >= 4 is 28.6 Å². The molecule has 4 atom stereocenters. The summed E-state index contributed by atoms with van der Waals surface area (Å²) in [5.41, 5.74) is 0.565. The lowest BCUT2D eigenvalue weighted by molar-refractivity contribution is -0.0445. The molecule has 0 spiro atoms. The third kappa shape index (κ3) is 3.81. The van der Waals surface area contributed by atoms with Crippen LogP contribution >= 0.6 is 0 Å². The Kier molecular flexibility index (Phi) is 5.87. The van der Waals surface area contributed by atoms with Gasteiger partial charge in [0.2, 0.25) is 5.58 Å². The highest BCUT2D eigenvalue weighted by Gasteiger charge is 2.42. The number of fused-ring (bicyclic) bond motifs is 1. The Balaban J connectivity index is 1.65. The first-order valence-electron chi connectivity index (χ1n) is 10.9. The number of amides is 1. The predicted octanol–water partition coefficient (Wildman–Crippen LogP) is 1.30. The summed E-state index contributed by atoms with van der Waals surface area (Å²) in [5.74, 6) is -0.674. The molecule has 33 heavy (non-hydrogen) atoms. The second-order valence-electron chi connectivity index (χ2n) is 8.51. The second-order valence-corrected chi connectivity index (χ2v) is 8.51. The summed E-state index contributed by atoms with van der Waals surface area (Å²) in [7, 11) is 0. The lowest BCUT2D eigenvalue weighted by Crippen LogP contribution is -2.46. The van der Waals surface area contributed by atoms with Crippen molar-refractivity contribution < 1.29 is 42.9 Å². The molecule has 2 N–H and O–H groups in total. The molecule has 1 aromatic carbocycles. The van der Waals surface area contributed by atoms with Gasteiger partial charge >= 0.3 is 6.09 Å². The van der Waals surface area contributed by atoms with Gasteiger partial charge in [-0.25, -0.2) is 14.1 Å². The van der Waals surface area contributed by atoms with Crippen LogP contribution in [0.3, 0.4) is 0 Å². The van der Waals surface area contributed by atoms with Crippen LogP contribution in [0.2, 0.25) is 0 Å². The van der Waals surface area contributed by atoms with Gasteiger partial charge in [-0.15, -0.1) is 0 Å². The molecule has 0 saturated carbocycles. The number of rotatable bonds is 5. The van der Waals surface area contributed by atoms with Crippen molar-refractivity contribution in [3.8, 4) is 0 Å². The number of aliphatic hydroxyl groups excluding tert-OH is 2. The van der Waals surface area contributed by atoms with E-state index < -0.39 is 37.0 Å². The number of carbonyl (C=O) groups excluding carboxylic acids is 1. The molecule has 2 aromatic rings. The number of cyclic esters (lactones) is 1. The van der Waals surface area contributed by atoms with Crippen LogP contribution in [0.4, 0.5) is 20.7 Å². The number of morpholine rings is 1. The van der Waals surface area contributed by atoms with Crippen molar-refractivity contribution in [3.05, 3.63) is 17.4 Å². The first kappa shape index (κ1) is 22.3. The number of aromatic nitrogens is 1. The van der Waals surface area contributed by atoms with E-state index in [0.29, 0.717) is 31.9 Å².